The van der Waals surface area contributed by atoms with Gasteiger partial charge < -0.3 is 15.1 Å². The third-order valence-electron chi connectivity index (χ3n) is 5.09. The quantitative estimate of drug-likeness (QED) is 0.863. The molecule has 0 saturated carbocycles. The predicted molar refractivity (Wildman–Crippen MR) is 108 cm³/mol. The van der Waals surface area contributed by atoms with E-state index in [-0.39, 0.29) is 23.5 Å². The molecule has 1 heterocycles. The van der Waals surface area contributed by atoms with Crippen molar-refractivity contribution in [3.63, 3.8) is 0 Å². The summed E-state index contributed by atoms with van der Waals surface area (Å²) in [6, 6.07) is 13.6. The van der Waals surface area contributed by atoms with Gasteiger partial charge in [-0.15, -0.1) is 0 Å². The second-order valence-corrected chi connectivity index (χ2v) is 7.38. The number of carbonyl (C=O) groups is 2. The number of halogens is 1. The molecule has 2 amide bonds. The molecule has 2 aromatic carbocycles. The van der Waals surface area contributed by atoms with Crippen LogP contribution in [0.1, 0.15) is 28.8 Å². The van der Waals surface area contributed by atoms with Gasteiger partial charge in [0.1, 0.15) is 5.82 Å². The standard InChI is InChI=1S/C22H26FN3O2/c1-25(2)20-11-5-16(6-12-20)14-24-21(27)18-4-3-13-26(15-18)22(28)17-7-9-19(23)10-8-17/h5-12,18H,3-4,13-15H2,1-2H3,(H,24,27). The Balaban J connectivity index is 1.55. The van der Waals surface area contributed by atoms with Crippen LogP contribution in [0.3, 0.4) is 0 Å². The van der Waals surface area contributed by atoms with Crippen molar-refractivity contribution in [3.8, 4) is 0 Å². The van der Waals surface area contributed by atoms with Crippen molar-refractivity contribution < 1.29 is 14.0 Å². The molecule has 6 heteroatoms. The fourth-order valence-corrected chi connectivity index (χ4v) is 3.40. The summed E-state index contributed by atoms with van der Waals surface area (Å²) in [7, 11) is 3.97. The lowest BCUT2D eigenvalue weighted by Crippen LogP contribution is -2.45. The lowest BCUT2D eigenvalue weighted by Gasteiger charge is -2.32. The third-order valence-corrected chi connectivity index (χ3v) is 5.09. The van der Waals surface area contributed by atoms with Crippen LogP contribution in [0.5, 0.6) is 0 Å². The van der Waals surface area contributed by atoms with Crippen LogP contribution in [0.2, 0.25) is 0 Å². The number of nitrogens with one attached hydrogen (secondary N) is 1. The van der Waals surface area contributed by atoms with Crippen molar-refractivity contribution in [3.05, 3.63) is 65.5 Å². The molecule has 1 unspecified atom stereocenters. The summed E-state index contributed by atoms with van der Waals surface area (Å²) in [5.41, 5.74) is 2.59. The number of benzene rings is 2. The van der Waals surface area contributed by atoms with E-state index in [9.17, 15) is 14.0 Å². The highest BCUT2D eigenvalue weighted by atomic mass is 19.1. The molecular weight excluding hydrogens is 357 g/mol. The zero-order valence-electron chi connectivity index (χ0n) is 16.3. The second-order valence-electron chi connectivity index (χ2n) is 7.38. The minimum absolute atomic E-state index is 0.0340. The summed E-state index contributed by atoms with van der Waals surface area (Å²) >= 11 is 0. The van der Waals surface area contributed by atoms with Crippen LogP contribution in [0.4, 0.5) is 10.1 Å². The number of rotatable bonds is 5. The van der Waals surface area contributed by atoms with Crippen LogP contribution in [0, 0.1) is 11.7 Å². The average molecular weight is 383 g/mol. The van der Waals surface area contributed by atoms with Gasteiger partial charge >= 0.3 is 0 Å². The molecule has 0 radical (unpaired) electrons. The van der Waals surface area contributed by atoms with Gasteiger partial charge in [0.15, 0.2) is 0 Å². The molecular formula is C22H26FN3O2. The topological polar surface area (TPSA) is 52.7 Å². The van der Waals surface area contributed by atoms with Crippen LogP contribution in [0.15, 0.2) is 48.5 Å². The fraction of sp³-hybridized carbons (Fsp3) is 0.364. The molecule has 1 fully saturated rings. The van der Waals surface area contributed by atoms with Crippen LogP contribution in [-0.4, -0.2) is 43.9 Å². The number of likely N-dealkylation sites (tertiary alicyclic amines) is 1. The Bertz CT molecular complexity index is 819. The van der Waals surface area contributed by atoms with Gasteiger partial charge in [-0.1, -0.05) is 12.1 Å². The van der Waals surface area contributed by atoms with Crippen molar-refractivity contribution >= 4 is 17.5 Å². The Morgan fingerprint density at radius 3 is 2.43 bits per heavy atom. The number of amides is 2. The van der Waals surface area contributed by atoms with Gasteiger partial charge in [-0.3, -0.25) is 9.59 Å². The largest absolute Gasteiger partial charge is 0.378 e. The lowest BCUT2D eigenvalue weighted by atomic mass is 9.96. The zero-order chi connectivity index (χ0) is 20.1. The highest BCUT2D eigenvalue weighted by Crippen LogP contribution is 2.19. The summed E-state index contributed by atoms with van der Waals surface area (Å²) in [4.78, 5) is 28.9. The molecule has 1 N–H and O–H groups in total. The maximum absolute atomic E-state index is 13.1. The molecule has 1 atom stereocenters. The molecule has 1 aliphatic heterocycles. The second kappa shape index (κ2) is 8.87. The summed E-state index contributed by atoms with van der Waals surface area (Å²) in [6.45, 7) is 1.47. The zero-order valence-corrected chi connectivity index (χ0v) is 16.3. The van der Waals surface area contributed by atoms with E-state index in [0.717, 1.165) is 24.1 Å². The van der Waals surface area contributed by atoms with E-state index >= 15 is 0 Å². The van der Waals surface area contributed by atoms with Crippen molar-refractivity contribution in [2.45, 2.75) is 19.4 Å². The van der Waals surface area contributed by atoms with E-state index in [1.54, 1.807) is 4.90 Å². The first-order chi connectivity index (χ1) is 13.4. The number of piperidine rings is 1. The first-order valence-corrected chi connectivity index (χ1v) is 9.53. The Kier molecular flexibility index (Phi) is 6.29. The van der Waals surface area contributed by atoms with Crippen molar-refractivity contribution in [1.29, 1.82) is 0 Å². The van der Waals surface area contributed by atoms with Gasteiger partial charge in [-0.25, -0.2) is 4.39 Å². The number of nitrogens with zero attached hydrogens (tertiary/aromatic N) is 2. The van der Waals surface area contributed by atoms with Crippen LogP contribution >= 0.6 is 0 Å². The highest BCUT2D eigenvalue weighted by molar-refractivity contribution is 5.94. The summed E-state index contributed by atoms with van der Waals surface area (Å²) in [6.07, 6.45) is 1.54. The molecule has 2 aromatic rings. The molecule has 0 aliphatic carbocycles. The molecule has 0 spiro atoms. The number of carbonyl (C=O) groups excluding carboxylic acids is 2. The Labute approximate surface area is 165 Å². The van der Waals surface area contributed by atoms with Crippen LogP contribution in [-0.2, 0) is 11.3 Å². The van der Waals surface area contributed by atoms with E-state index in [0.29, 0.717) is 25.2 Å². The first-order valence-electron chi connectivity index (χ1n) is 9.53. The minimum atomic E-state index is -0.369. The van der Waals surface area contributed by atoms with Gasteiger partial charge in [-0.2, -0.15) is 0 Å². The maximum Gasteiger partial charge on any atom is 0.253 e. The summed E-state index contributed by atoms with van der Waals surface area (Å²) < 4.78 is 13.1. The van der Waals surface area contributed by atoms with Crippen molar-refractivity contribution in [1.82, 2.24) is 10.2 Å². The number of hydrogen-bond donors (Lipinski definition) is 1. The molecule has 1 saturated heterocycles. The SMILES string of the molecule is CN(C)c1ccc(CNC(=O)C2CCCN(C(=O)c3ccc(F)cc3)C2)cc1. The Morgan fingerprint density at radius 2 is 1.79 bits per heavy atom. The number of hydrogen-bond acceptors (Lipinski definition) is 3. The van der Waals surface area contributed by atoms with E-state index < -0.39 is 0 Å². The molecule has 148 valence electrons. The lowest BCUT2D eigenvalue weighted by molar-refractivity contribution is -0.126. The van der Waals surface area contributed by atoms with Gasteiger partial charge in [-0.05, 0) is 54.8 Å². The van der Waals surface area contributed by atoms with Crippen molar-refractivity contribution in [2.75, 3.05) is 32.1 Å². The normalized spacial score (nSPS) is 16.5. The molecule has 0 aromatic heterocycles. The summed E-state index contributed by atoms with van der Waals surface area (Å²) in [5, 5.41) is 2.98. The van der Waals surface area contributed by atoms with Gasteiger partial charge in [0.05, 0.1) is 5.92 Å². The van der Waals surface area contributed by atoms with E-state index in [4.69, 9.17) is 0 Å². The van der Waals surface area contributed by atoms with Gasteiger partial charge in [0, 0.05) is 45.0 Å². The Morgan fingerprint density at radius 1 is 1.11 bits per heavy atom. The van der Waals surface area contributed by atoms with E-state index in [1.165, 1.54) is 24.3 Å². The highest BCUT2D eigenvalue weighted by Gasteiger charge is 2.28. The van der Waals surface area contributed by atoms with Gasteiger partial charge in [0.25, 0.3) is 5.91 Å². The van der Waals surface area contributed by atoms with E-state index in [2.05, 4.69) is 5.32 Å². The average Bonchev–Trinajstić information content (AvgIpc) is 2.72. The molecule has 1 aliphatic rings. The number of anilines is 1. The molecule has 28 heavy (non-hydrogen) atoms. The Hall–Kier alpha value is -2.89. The van der Waals surface area contributed by atoms with Crippen LogP contribution < -0.4 is 10.2 Å². The predicted octanol–water partition coefficient (Wildman–Crippen LogP) is 3.06. The molecule has 0 bridgehead atoms. The monoisotopic (exact) mass is 383 g/mol. The smallest absolute Gasteiger partial charge is 0.253 e. The van der Waals surface area contributed by atoms with Crippen LogP contribution in [0.25, 0.3) is 0 Å². The first kappa shape index (κ1) is 19.9. The molecule has 5 nitrogen and oxygen atoms in total. The molecule has 3 rings (SSSR count). The third kappa shape index (κ3) is 4.88. The van der Waals surface area contributed by atoms with Crippen molar-refractivity contribution in [2.24, 2.45) is 5.92 Å². The maximum atomic E-state index is 13.1. The summed E-state index contributed by atoms with van der Waals surface area (Å²) in [5.74, 6) is -0.782. The fourth-order valence-electron chi connectivity index (χ4n) is 3.40. The minimum Gasteiger partial charge on any atom is -0.378 e. The van der Waals surface area contributed by atoms with E-state index in [1.807, 2.05) is 43.3 Å². The van der Waals surface area contributed by atoms with Gasteiger partial charge in [0.2, 0.25) is 5.91 Å².